The van der Waals surface area contributed by atoms with Gasteiger partial charge in [0.1, 0.15) is 6.61 Å². The smallest absolute Gasteiger partial charge is 0.410 e. The Morgan fingerprint density at radius 1 is 1.04 bits per heavy atom. The van der Waals surface area contributed by atoms with Gasteiger partial charge in [-0.05, 0) is 42.0 Å². The summed E-state index contributed by atoms with van der Waals surface area (Å²) in [5, 5.41) is 0. The Balaban J connectivity index is 1.35. The Labute approximate surface area is 165 Å². The number of nitrogens with zero attached hydrogens (tertiary/aromatic N) is 1. The van der Waals surface area contributed by atoms with E-state index >= 15 is 0 Å². The molecule has 28 heavy (non-hydrogen) atoms. The number of morpholine rings is 1. The molecular formula is C24H25NO3. The van der Waals surface area contributed by atoms with Crippen LogP contribution >= 0.6 is 0 Å². The summed E-state index contributed by atoms with van der Waals surface area (Å²) in [5.74, 6) is 0.100. The summed E-state index contributed by atoms with van der Waals surface area (Å²) in [6.07, 6.45) is 3.75. The number of amides is 1. The molecule has 4 nitrogen and oxygen atoms in total. The summed E-state index contributed by atoms with van der Waals surface area (Å²) in [6, 6.07) is 17.0. The van der Waals surface area contributed by atoms with Gasteiger partial charge in [0.25, 0.3) is 0 Å². The van der Waals surface area contributed by atoms with Crippen LogP contribution in [0.1, 0.15) is 36.8 Å². The Kier molecular flexibility index (Phi) is 4.44. The fourth-order valence-electron chi connectivity index (χ4n) is 5.00. The van der Waals surface area contributed by atoms with Crippen LogP contribution in [0.4, 0.5) is 4.79 Å². The van der Waals surface area contributed by atoms with Gasteiger partial charge in [-0.1, -0.05) is 60.2 Å². The first-order chi connectivity index (χ1) is 13.8. The van der Waals surface area contributed by atoms with Crippen molar-refractivity contribution in [2.45, 2.75) is 37.8 Å². The molecule has 2 aliphatic heterocycles. The van der Waals surface area contributed by atoms with Gasteiger partial charge in [0.2, 0.25) is 0 Å². The maximum Gasteiger partial charge on any atom is 0.410 e. The Morgan fingerprint density at radius 2 is 1.61 bits per heavy atom. The summed E-state index contributed by atoms with van der Waals surface area (Å²) in [5.41, 5.74) is 6.41. The van der Waals surface area contributed by atoms with Gasteiger partial charge >= 0.3 is 6.09 Å². The van der Waals surface area contributed by atoms with E-state index in [0.717, 1.165) is 12.8 Å². The van der Waals surface area contributed by atoms with Gasteiger partial charge in [-0.3, -0.25) is 4.90 Å². The summed E-state index contributed by atoms with van der Waals surface area (Å²) in [4.78, 5) is 14.9. The minimum Gasteiger partial charge on any atom is -0.448 e. The Bertz CT molecular complexity index is 873. The van der Waals surface area contributed by atoms with Gasteiger partial charge in [-0.15, -0.1) is 0 Å². The van der Waals surface area contributed by atoms with Gasteiger partial charge in [-0.25, -0.2) is 4.79 Å². The maximum atomic E-state index is 13.0. The third-order valence-electron chi connectivity index (χ3n) is 6.36. The summed E-state index contributed by atoms with van der Waals surface area (Å²) < 4.78 is 11.6. The van der Waals surface area contributed by atoms with Crippen LogP contribution in [-0.2, 0) is 9.47 Å². The molecule has 2 saturated heterocycles. The van der Waals surface area contributed by atoms with E-state index in [-0.39, 0.29) is 24.1 Å². The molecule has 2 heterocycles. The van der Waals surface area contributed by atoms with Crippen LogP contribution in [-0.4, -0.2) is 42.9 Å². The largest absolute Gasteiger partial charge is 0.448 e. The monoisotopic (exact) mass is 375 g/mol. The van der Waals surface area contributed by atoms with Crippen LogP contribution in [0.15, 0.2) is 60.2 Å². The number of hydrogen-bond acceptors (Lipinski definition) is 3. The molecule has 144 valence electrons. The van der Waals surface area contributed by atoms with E-state index in [1.807, 2.05) is 4.90 Å². The van der Waals surface area contributed by atoms with Crippen LogP contribution in [0.5, 0.6) is 0 Å². The molecule has 2 unspecified atom stereocenters. The van der Waals surface area contributed by atoms with Crippen molar-refractivity contribution < 1.29 is 14.3 Å². The van der Waals surface area contributed by atoms with Crippen molar-refractivity contribution >= 4 is 6.09 Å². The molecule has 0 aromatic heterocycles. The second kappa shape index (κ2) is 7.10. The van der Waals surface area contributed by atoms with Crippen molar-refractivity contribution in [2.24, 2.45) is 0 Å². The number of hydrogen-bond donors (Lipinski definition) is 0. The van der Waals surface area contributed by atoms with E-state index in [1.54, 1.807) is 0 Å². The number of allylic oxidation sites excluding steroid dienone is 1. The average Bonchev–Trinajstić information content (AvgIpc) is 3.05. The van der Waals surface area contributed by atoms with Gasteiger partial charge in [0, 0.05) is 5.92 Å². The molecule has 2 atom stereocenters. The van der Waals surface area contributed by atoms with E-state index < -0.39 is 0 Å². The van der Waals surface area contributed by atoms with Crippen molar-refractivity contribution in [1.29, 1.82) is 0 Å². The molecular weight excluding hydrogens is 350 g/mol. The maximum absolute atomic E-state index is 13.0. The number of ether oxygens (including phenoxy) is 2. The van der Waals surface area contributed by atoms with Gasteiger partial charge in [0.15, 0.2) is 0 Å². The first-order valence-electron chi connectivity index (χ1n) is 10.1. The second-order valence-electron chi connectivity index (χ2n) is 7.91. The number of carbonyl (C=O) groups is 1. The molecule has 5 rings (SSSR count). The minimum absolute atomic E-state index is 0.0920. The van der Waals surface area contributed by atoms with Crippen LogP contribution < -0.4 is 0 Å². The molecule has 0 saturated carbocycles. The van der Waals surface area contributed by atoms with E-state index in [9.17, 15) is 4.79 Å². The topological polar surface area (TPSA) is 38.8 Å². The molecule has 2 aromatic rings. The SMILES string of the molecule is CC=C1CC2COCC(C1)N2C(=O)OCC1c2ccccc2-c2ccccc21. The normalized spacial score (nSPS) is 23.2. The fraction of sp³-hybridized carbons (Fsp3) is 0.375. The first-order valence-corrected chi connectivity index (χ1v) is 10.1. The first kappa shape index (κ1) is 17.5. The van der Waals surface area contributed by atoms with Crippen LogP contribution in [0.3, 0.4) is 0 Å². The van der Waals surface area contributed by atoms with Crippen molar-refractivity contribution in [3.63, 3.8) is 0 Å². The molecule has 1 aliphatic carbocycles. The minimum atomic E-state index is -0.199. The average molecular weight is 375 g/mol. The molecule has 1 amide bonds. The highest BCUT2D eigenvalue weighted by atomic mass is 16.6. The van der Waals surface area contributed by atoms with E-state index in [1.165, 1.54) is 27.8 Å². The van der Waals surface area contributed by atoms with E-state index in [4.69, 9.17) is 9.47 Å². The molecule has 0 N–H and O–H groups in total. The standard InChI is InChI=1S/C24H25NO3/c1-2-16-11-17-13-27-14-18(12-16)25(17)24(26)28-15-23-21-9-5-3-7-19(21)20-8-4-6-10-22(20)23/h2-10,17-18,23H,11-15H2,1H3. The molecule has 2 fully saturated rings. The van der Waals surface area contributed by atoms with Crippen molar-refractivity contribution in [3.05, 3.63) is 71.3 Å². The lowest BCUT2D eigenvalue weighted by molar-refractivity contribution is -0.0549. The zero-order valence-electron chi connectivity index (χ0n) is 16.1. The molecule has 0 radical (unpaired) electrons. The number of benzene rings is 2. The highest BCUT2D eigenvalue weighted by Gasteiger charge is 2.41. The summed E-state index contributed by atoms with van der Waals surface area (Å²) in [7, 11) is 0. The van der Waals surface area contributed by atoms with Gasteiger partial charge in [-0.2, -0.15) is 0 Å². The number of rotatable bonds is 2. The lowest BCUT2D eigenvalue weighted by Crippen LogP contribution is -2.58. The molecule has 3 aliphatic rings. The molecule has 2 aromatic carbocycles. The van der Waals surface area contributed by atoms with Crippen LogP contribution in [0, 0.1) is 0 Å². The predicted molar refractivity (Wildman–Crippen MR) is 108 cm³/mol. The Hall–Kier alpha value is -2.59. The van der Waals surface area contributed by atoms with Crippen molar-refractivity contribution in [2.75, 3.05) is 19.8 Å². The lowest BCUT2D eigenvalue weighted by Gasteiger charge is -2.45. The molecule has 4 heteroatoms. The number of fused-ring (bicyclic) bond motifs is 5. The van der Waals surface area contributed by atoms with Crippen molar-refractivity contribution in [1.82, 2.24) is 4.90 Å². The molecule has 0 spiro atoms. The molecule has 2 bridgehead atoms. The van der Waals surface area contributed by atoms with Crippen molar-refractivity contribution in [3.8, 4) is 11.1 Å². The zero-order valence-corrected chi connectivity index (χ0v) is 16.1. The van der Waals surface area contributed by atoms with Crippen LogP contribution in [0.25, 0.3) is 11.1 Å². The van der Waals surface area contributed by atoms with E-state index in [0.29, 0.717) is 19.8 Å². The van der Waals surface area contributed by atoms with Crippen LogP contribution in [0.2, 0.25) is 0 Å². The number of carbonyl (C=O) groups excluding carboxylic acids is 1. The van der Waals surface area contributed by atoms with Gasteiger partial charge in [0.05, 0.1) is 25.3 Å². The Morgan fingerprint density at radius 3 is 2.18 bits per heavy atom. The zero-order chi connectivity index (χ0) is 19.1. The summed E-state index contributed by atoms with van der Waals surface area (Å²) >= 11 is 0. The fourth-order valence-corrected chi connectivity index (χ4v) is 5.00. The highest BCUT2D eigenvalue weighted by Crippen LogP contribution is 2.44. The highest BCUT2D eigenvalue weighted by molar-refractivity contribution is 5.79. The summed E-state index contributed by atoms with van der Waals surface area (Å²) in [6.45, 7) is 3.64. The third-order valence-corrected chi connectivity index (χ3v) is 6.36. The van der Waals surface area contributed by atoms with E-state index in [2.05, 4.69) is 61.5 Å². The predicted octanol–water partition coefficient (Wildman–Crippen LogP) is 4.75. The van der Waals surface area contributed by atoms with Gasteiger partial charge < -0.3 is 9.47 Å². The lowest BCUT2D eigenvalue weighted by atomic mass is 9.90. The quantitative estimate of drug-likeness (QED) is 0.712. The second-order valence-corrected chi connectivity index (χ2v) is 7.91. The third kappa shape index (κ3) is 2.83. The number of piperidine rings is 1.